The van der Waals surface area contributed by atoms with Gasteiger partial charge in [0, 0.05) is 18.8 Å². The molecule has 146 valence electrons. The molecule has 2 aromatic rings. The predicted octanol–water partition coefficient (Wildman–Crippen LogP) is 0.115. The highest BCUT2D eigenvalue weighted by atomic mass is 16.4. The molecule has 0 aliphatic heterocycles. The van der Waals surface area contributed by atoms with E-state index in [9.17, 15) is 19.6 Å². The number of nitrogens with one attached hydrogen (secondary N) is 2. The summed E-state index contributed by atoms with van der Waals surface area (Å²) in [4.78, 5) is 33.1. The normalized spacial score (nSPS) is 15.4. The Kier molecular flexibility index (Phi) is 6.73. The summed E-state index contributed by atoms with van der Waals surface area (Å²) in [6.07, 6.45) is 6.98. The van der Waals surface area contributed by atoms with Gasteiger partial charge in [-0.15, -0.1) is 0 Å². The molecule has 1 fully saturated rings. The fraction of sp³-hybridized carbons (Fsp3) is 0.368. The topological polar surface area (TPSA) is 124 Å². The summed E-state index contributed by atoms with van der Waals surface area (Å²) in [5.41, 5.74) is 0.968. The fourth-order valence-corrected chi connectivity index (χ4v) is 2.96. The molecule has 1 aliphatic rings. The second-order valence-corrected chi connectivity index (χ2v) is 7.01. The van der Waals surface area contributed by atoms with E-state index in [0.717, 1.165) is 18.4 Å². The molecular formula is C19H23BN4O4. The van der Waals surface area contributed by atoms with Crippen molar-refractivity contribution in [3.8, 4) is 0 Å². The van der Waals surface area contributed by atoms with Crippen molar-refractivity contribution in [2.45, 2.75) is 37.7 Å². The van der Waals surface area contributed by atoms with E-state index in [4.69, 9.17) is 0 Å². The summed E-state index contributed by atoms with van der Waals surface area (Å²) >= 11 is 0. The molecule has 1 saturated carbocycles. The lowest BCUT2D eigenvalue weighted by molar-refractivity contribution is -0.123. The van der Waals surface area contributed by atoms with E-state index in [2.05, 4.69) is 20.6 Å². The van der Waals surface area contributed by atoms with E-state index in [-0.39, 0.29) is 12.1 Å². The van der Waals surface area contributed by atoms with Crippen LogP contribution in [0.2, 0.25) is 0 Å². The van der Waals surface area contributed by atoms with Gasteiger partial charge in [-0.05, 0) is 17.9 Å². The average Bonchev–Trinajstić information content (AvgIpc) is 3.52. The molecule has 8 nitrogen and oxygen atoms in total. The number of hydrogen-bond acceptors (Lipinski definition) is 6. The van der Waals surface area contributed by atoms with Crippen molar-refractivity contribution >= 4 is 18.9 Å². The number of benzene rings is 1. The summed E-state index contributed by atoms with van der Waals surface area (Å²) in [6, 6.07) is 8.39. The van der Waals surface area contributed by atoms with Crippen LogP contribution in [0, 0.1) is 5.92 Å². The molecule has 0 saturated heterocycles. The van der Waals surface area contributed by atoms with Crippen LogP contribution in [0.4, 0.5) is 0 Å². The van der Waals surface area contributed by atoms with Crippen LogP contribution in [0.15, 0.2) is 48.9 Å². The monoisotopic (exact) mass is 382 g/mol. The van der Waals surface area contributed by atoms with Gasteiger partial charge in [0.2, 0.25) is 5.91 Å². The molecule has 3 rings (SSSR count). The highest BCUT2D eigenvalue weighted by Crippen LogP contribution is 2.33. The van der Waals surface area contributed by atoms with E-state index < -0.39 is 30.9 Å². The summed E-state index contributed by atoms with van der Waals surface area (Å²) in [5, 5.41) is 24.6. The van der Waals surface area contributed by atoms with Gasteiger partial charge >= 0.3 is 7.12 Å². The summed E-state index contributed by atoms with van der Waals surface area (Å²) in [7, 11) is -1.65. The minimum atomic E-state index is -1.65. The van der Waals surface area contributed by atoms with Crippen LogP contribution in [0.25, 0.3) is 0 Å². The number of carbonyl (C=O) groups is 2. The van der Waals surface area contributed by atoms with Gasteiger partial charge in [-0.1, -0.05) is 43.2 Å². The maximum Gasteiger partial charge on any atom is 0.475 e. The quantitative estimate of drug-likeness (QED) is 0.457. The average molecular weight is 382 g/mol. The van der Waals surface area contributed by atoms with Gasteiger partial charge in [0.1, 0.15) is 11.7 Å². The molecule has 0 spiro atoms. The second kappa shape index (κ2) is 9.43. The maximum absolute atomic E-state index is 12.8. The van der Waals surface area contributed by atoms with Gasteiger partial charge in [0.05, 0.1) is 12.1 Å². The fourth-order valence-electron chi connectivity index (χ4n) is 2.96. The lowest BCUT2D eigenvalue weighted by Gasteiger charge is -2.23. The van der Waals surface area contributed by atoms with Crippen LogP contribution in [-0.2, 0) is 11.2 Å². The predicted molar refractivity (Wildman–Crippen MR) is 103 cm³/mol. The first kappa shape index (κ1) is 20.0. The Morgan fingerprint density at radius 2 is 1.89 bits per heavy atom. The van der Waals surface area contributed by atoms with Crippen LogP contribution >= 0.6 is 0 Å². The molecule has 1 aromatic carbocycles. The highest BCUT2D eigenvalue weighted by Gasteiger charge is 2.34. The molecule has 2 amide bonds. The van der Waals surface area contributed by atoms with Gasteiger partial charge in [-0.25, -0.2) is 4.98 Å². The first-order valence-electron chi connectivity index (χ1n) is 9.30. The zero-order valence-corrected chi connectivity index (χ0v) is 15.4. The van der Waals surface area contributed by atoms with E-state index in [0.29, 0.717) is 12.3 Å². The molecule has 0 radical (unpaired) electrons. The molecule has 0 bridgehead atoms. The standard InChI is InChI=1S/C19H23BN4O4/c25-18(24-17(20(27)28)11-14-6-7-14)15(10-13-4-2-1-3-5-13)23-19(26)16-12-21-8-9-22-16/h1-5,8-9,12,14-15,17,27-28H,6-7,10-11H2,(H,23,26)(H,24,25). The van der Waals surface area contributed by atoms with Crippen LogP contribution in [-0.4, -0.2) is 50.9 Å². The van der Waals surface area contributed by atoms with Crippen molar-refractivity contribution in [2.24, 2.45) is 5.92 Å². The van der Waals surface area contributed by atoms with Crippen molar-refractivity contribution in [3.05, 3.63) is 60.2 Å². The van der Waals surface area contributed by atoms with Crippen molar-refractivity contribution in [1.29, 1.82) is 0 Å². The largest absolute Gasteiger partial charge is 0.475 e. The number of rotatable bonds is 9. The van der Waals surface area contributed by atoms with Crippen molar-refractivity contribution in [1.82, 2.24) is 20.6 Å². The van der Waals surface area contributed by atoms with Gasteiger partial charge in [-0.2, -0.15) is 0 Å². The van der Waals surface area contributed by atoms with Crippen molar-refractivity contribution in [3.63, 3.8) is 0 Å². The first-order chi connectivity index (χ1) is 13.5. The third-order valence-corrected chi connectivity index (χ3v) is 4.67. The molecule has 4 N–H and O–H groups in total. The zero-order chi connectivity index (χ0) is 19.9. The third-order valence-electron chi connectivity index (χ3n) is 4.67. The summed E-state index contributed by atoms with van der Waals surface area (Å²) in [6.45, 7) is 0. The van der Waals surface area contributed by atoms with Gasteiger partial charge in [0.25, 0.3) is 5.91 Å². The molecule has 9 heteroatoms. The SMILES string of the molecule is O=C(NC(Cc1ccccc1)C(=O)NC(CC1CC1)B(O)O)c1cnccn1. The Labute approximate surface area is 163 Å². The van der Waals surface area contributed by atoms with E-state index in [1.807, 2.05) is 30.3 Å². The van der Waals surface area contributed by atoms with Crippen molar-refractivity contribution in [2.75, 3.05) is 0 Å². The van der Waals surface area contributed by atoms with Gasteiger partial charge in [-0.3, -0.25) is 14.6 Å². The lowest BCUT2D eigenvalue weighted by Crippen LogP contribution is -2.54. The second-order valence-electron chi connectivity index (χ2n) is 7.01. The Balaban J connectivity index is 1.72. The van der Waals surface area contributed by atoms with Crippen LogP contribution in [0.3, 0.4) is 0 Å². The summed E-state index contributed by atoms with van der Waals surface area (Å²) < 4.78 is 0. The van der Waals surface area contributed by atoms with Gasteiger partial charge in [0.15, 0.2) is 0 Å². The van der Waals surface area contributed by atoms with Gasteiger partial charge < -0.3 is 20.7 Å². The molecule has 1 aliphatic carbocycles. The Hall–Kier alpha value is -2.78. The maximum atomic E-state index is 12.8. The molecule has 28 heavy (non-hydrogen) atoms. The number of carbonyl (C=O) groups excluding carboxylic acids is 2. The van der Waals surface area contributed by atoms with Crippen molar-refractivity contribution < 1.29 is 19.6 Å². The van der Waals surface area contributed by atoms with E-state index in [1.54, 1.807) is 0 Å². The molecule has 2 atom stereocenters. The molecule has 1 heterocycles. The van der Waals surface area contributed by atoms with E-state index >= 15 is 0 Å². The number of nitrogens with zero attached hydrogens (tertiary/aromatic N) is 2. The minimum absolute atomic E-state index is 0.102. The number of amides is 2. The third kappa shape index (κ3) is 5.87. The van der Waals surface area contributed by atoms with Crippen LogP contribution in [0.5, 0.6) is 0 Å². The molecule has 1 aromatic heterocycles. The summed E-state index contributed by atoms with van der Waals surface area (Å²) in [5.74, 6) is -1.37. The zero-order valence-electron chi connectivity index (χ0n) is 15.4. The molecule has 2 unspecified atom stereocenters. The Morgan fingerprint density at radius 1 is 1.14 bits per heavy atom. The highest BCUT2D eigenvalue weighted by molar-refractivity contribution is 6.43. The Bertz CT molecular complexity index is 787. The minimum Gasteiger partial charge on any atom is -0.426 e. The number of aromatic nitrogens is 2. The number of hydrogen-bond donors (Lipinski definition) is 4. The lowest BCUT2D eigenvalue weighted by atomic mass is 9.76. The first-order valence-corrected chi connectivity index (χ1v) is 9.30. The smallest absolute Gasteiger partial charge is 0.426 e. The molecular weight excluding hydrogens is 359 g/mol. The van der Waals surface area contributed by atoms with Crippen LogP contribution < -0.4 is 10.6 Å². The van der Waals surface area contributed by atoms with Crippen LogP contribution in [0.1, 0.15) is 35.3 Å². The van der Waals surface area contributed by atoms with E-state index in [1.165, 1.54) is 18.6 Å². The Morgan fingerprint density at radius 3 is 2.50 bits per heavy atom.